The van der Waals surface area contributed by atoms with Crippen LogP contribution in [0.4, 0.5) is 0 Å². The van der Waals surface area contributed by atoms with Gasteiger partial charge in [0.15, 0.2) is 0 Å². The molecule has 0 spiro atoms. The maximum absolute atomic E-state index is 3.58. The standard InChI is InChI=1S/C21H37N/c1-2-3-4-5-6-7-8-9-10-14-19-22-20-15-18-21-16-12-11-13-17-21/h11-13,16-17,22H,2-10,14-15,18-20H2,1H3. The van der Waals surface area contributed by atoms with E-state index in [0.717, 1.165) is 6.54 Å². The SMILES string of the molecule is CCCCCCCCCCCCNCCCc1ccccc1. The van der Waals surface area contributed by atoms with Crippen LogP contribution in [0.1, 0.15) is 83.1 Å². The van der Waals surface area contributed by atoms with Gasteiger partial charge in [-0.05, 0) is 37.9 Å². The third-order valence-electron chi connectivity index (χ3n) is 4.37. The molecule has 0 heterocycles. The van der Waals surface area contributed by atoms with E-state index in [2.05, 4.69) is 42.6 Å². The summed E-state index contributed by atoms with van der Waals surface area (Å²) in [5.74, 6) is 0. The summed E-state index contributed by atoms with van der Waals surface area (Å²) in [4.78, 5) is 0. The van der Waals surface area contributed by atoms with Gasteiger partial charge in [-0.2, -0.15) is 0 Å². The molecule has 0 aliphatic carbocycles. The molecule has 0 amide bonds. The van der Waals surface area contributed by atoms with Crippen LogP contribution in [0.15, 0.2) is 30.3 Å². The fraction of sp³-hybridized carbons (Fsp3) is 0.714. The third-order valence-corrected chi connectivity index (χ3v) is 4.37. The lowest BCUT2D eigenvalue weighted by atomic mass is 10.1. The molecular weight excluding hydrogens is 266 g/mol. The maximum atomic E-state index is 3.58. The zero-order chi connectivity index (χ0) is 15.7. The molecule has 0 aromatic heterocycles. The summed E-state index contributed by atoms with van der Waals surface area (Å²) in [6.45, 7) is 4.65. The van der Waals surface area contributed by atoms with Crippen LogP contribution in [0.25, 0.3) is 0 Å². The largest absolute Gasteiger partial charge is 0.317 e. The first-order valence-electron chi connectivity index (χ1n) is 9.68. The molecule has 126 valence electrons. The lowest BCUT2D eigenvalue weighted by molar-refractivity contribution is 0.541. The van der Waals surface area contributed by atoms with E-state index in [-0.39, 0.29) is 0 Å². The summed E-state index contributed by atoms with van der Waals surface area (Å²) < 4.78 is 0. The number of benzene rings is 1. The minimum absolute atomic E-state index is 1.16. The molecule has 0 atom stereocenters. The fourth-order valence-corrected chi connectivity index (χ4v) is 2.92. The average molecular weight is 304 g/mol. The molecule has 0 unspecified atom stereocenters. The zero-order valence-corrected chi connectivity index (χ0v) is 14.8. The molecule has 0 aliphatic rings. The first-order chi connectivity index (χ1) is 10.9. The van der Waals surface area contributed by atoms with Crippen LogP contribution in [0.3, 0.4) is 0 Å². The summed E-state index contributed by atoms with van der Waals surface area (Å²) in [6.07, 6.45) is 16.7. The highest BCUT2D eigenvalue weighted by molar-refractivity contribution is 5.14. The van der Waals surface area contributed by atoms with Crippen LogP contribution < -0.4 is 5.32 Å². The zero-order valence-electron chi connectivity index (χ0n) is 14.8. The summed E-state index contributed by atoms with van der Waals surface area (Å²) in [6, 6.07) is 10.8. The average Bonchev–Trinajstić information content (AvgIpc) is 2.56. The van der Waals surface area contributed by atoms with Gasteiger partial charge in [0.05, 0.1) is 0 Å². The van der Waals surface area contributed by atoms with Gasteiger partial charge in [-0.1, -0.05) is 95.0 Å². The Bertz CT molecular complexity index is 320. The second-order valence-corrected chi connectivity index (χ2v) is 6.52. The Hall–Kier alpha value is -0.820. The predicted octanol–water partition coefficient (Wildman–Crippen LogP) is 6.13. The fourth-order valence-electron chi connectivity index (χ4n) is 2.92. The van der Waals surface area contributed by atoms with Gasteiger partial charge >= 0.3 is 0 Å². The van der Waals surface area contributed by atoms with E-state index in [4.69, 9.17) is 0 Å². The number of rotatable bonds is 15. The number of hydrogen-bond acceptors (Lipinski definition) is 1. The summed E-state index contributed by atoms with van der Waals surface area (Å²) in [7, 11) is 0. The number of aryl methyl sites for hydroxylation is 1. The van der Waals surface area contributed by atoms with Crippen LogP contribution in [0, 0.1) is 0 Å². The number of nitrogens with one attached hydrogen (secondary N) is 1. The van der Waals surface area contributed by atoms with Crippen molar-refractivity contribution >= 4 is 0 Å². The lowest BCUT2D eigenvalue weighted by Crippen LogP contribution is -2.17. The van der Waals surface area contributed by atoms with E-state index in [1.54, 1.807) is 0 Å². The quantitative estimate of drug-likeness (QED) is 0.384. The van der Waals surface area contributed by atoms with Gasteiger partial charge in [0, 0.05) is 0 Å². The van der Waals surface area contributed by atoms with Crippen LogP contribution in [-0.4, -0.2) is 13.1 Å². The molecule has 1 rings (SSSR count). The molecular formula is C21H37N. The third kappa shape index (κ3) is 11.8. The van der Waals surface area contributed by atoms with Crippen molar-refractivity contribution in [3.8, 4) is 0 Å². The molecule has 1 N–H and O–H groups in total. The second-order valence-electron chi connectivity index (χ2n) is 6.52. The Balaban J connectivity index is 1.73. The van der Waals surface area contributed by atoms with Crippen molar-refractivity contribution in [2.24, 2.45) is 0 Å². The first kappa shape index (κ1) is 19.2. The van der Waals surface area contributed by atoms with E-state index in [9.17, 15) is 0 Å². The molecule has 0 saturated heterocycles. The summed E-state index contributed by atoms with van der Waals surface area (Å²) in [5.41, 5.74) is 1.46. The van der Waals surface area contributed by atoms with Gasteiger partial charge in [0.2, 0.25) is 0 Å². The van der Waals surface area contributed by atoms with E-state index >= 15 is 0 Å². The van der Waals surface area contributed by atoms with Gasteiger partial charge in [-0.15, -0.1) is 0 Å². The molecule has 0 bridgehead atoms. The van der Waals surface area contributed by atoms with E-state index in [1.807, 2.05) is 0 Å². The minimum atomic E-state index is 1.16. The van der Waals surface area contributed by atoms with Crippen LogP contribution >= 0.6 is 0 Å². The van der Waals surface area contributed by atoms with E-state index in [0.29, 0.717) is 0 Å². The van der Waals surface area contributed by atoms with E-state index < -0.39 is 0 Å². The topological polar surface area (TPSA) is 12.0 Å². The molecule has 0 aliphatic heterocycles. The van der Waals surface area contributed by atoms with Crippen molar-refractivity contribution in [3.05, 3.63) is 35.9 Å². The predicted molar refractivity (Wildman–Crippen MR) is 99.5 cm³/mol. The Morgan fingerprint density at radius 1 is 0.636 bits per heavy atom. The van der Waals surface area contributed by atoms with Gasteiger partial charge in [-0.3, -0.25) is 0 Å². The van der Waals surface area contributed by atoms with Crippen molar-refractivity contribution in [1.82, 2.24) is 5.32 Å². The molecule has 1 heteroatoms. The van der Waals surface area contributed by atoms with Crippen molar-refractivity contribution in [1.29, 1.82) is 0 Å². The minimum Gasteiger partial charge on any atom is -0.317 e. The van der Waals surface area contributed by atoms with Crippen LogP contribution in [0.2, 0.25) is 0 Å². The number of unbranched alkanes of at least 4 members (excludes halogenated alkanes) is 9. The van der Waals surface area contributed by atoms with Crippen molar-refractivity contribution in [3.63, 3.8) is 0 Å². The smallest absolute Gasteiger partial charge is 0.00457 e. The molecule has 1 aromatic carbocycles. The Morgan fingerprint density at radius 3 is 1.82 bits per heavy atom. The maximum Gasteiger partial charge on any atom is -0.00457 e. The van der Waals surface area contributed by atoms with Gasteiger partial charge in [-0.25, -0.2) is 0 Å². The summed E-state index contributed by atoms with van der Waals surface area (Å²) in [5, 5.41) is 3.58. The van der Waals surface area contributed by atoms with Gasteiger partial charge in [0.25, 0.3) is 0 Å². The van der Waals surface area contributed by atoms with Crippen molar-refractivity contribution in [2.75, 3.05) is 13.1 Å². The molecule has 0 saturated carbocycles. The van der Waals surface area contributed by atoms with E-state index in [1.165, 1.54) is 89.2 Å². The Morgan fingerprint density at radius 2 is 1.18 bits per heavy atom. The monoisotopic (exact) mass is 303 g/mol. The summed E-state index contributed by atoms with van der Waals surface area (Å²) >= 11 is 0. The number of hydrogen-bond donors (Lipinski definition) is 1. The van der Waals surface area contributed by atoms with Gasteiger partial charge < -0.3 is 5.32 Å². The lowest BCUT2D eigenvalue weighted by Gasteiger charge is -2.05. The Kier molecular flexibility index (Phi) is 13.2. The molecule has 22 heavy (non-hydrogen) atoms. The van der Waals surface area contributed by atoms with Crippen LogP contribution in [-0.2, 0) is 6.42 Å². The van der Waals surface area contributed by atoms with Crippen LogP contribution in [0.5, 0.6) is 0 Å². The second kappa shape index (κ2) is 15.1. The van der Waals surface area contributed by atoms with Crippen molar-refractivity contribution in [2.45, 2.75) is 84.0 Å². The molecule has 1 aromatic rings. The molecule has 0 radical (unpaired) electrons. The van der Waals surface area contributed by atoms with Gasteiger partial charge in [0.1, 0.15) is 0 Å². The van der Waals surface area contributed by atoms with Crippen molar-refractivity contribution < 1.29 is 0 Å². The Labute approximate surface area is 138 Å². The highest BCUT2D eigenvalue weighted by atomic mass is 14.8. The normalized spacial score (nSPS) is 11.0. The molecule has 1 nitrogen and oxygen atoms in total. The highest BCUT2D eigenvalue weighted by Gasteiger charge is 1.94. The highest BCUT2D eigenvalue weighted by Crippen LogP contribution is 2.10. The first-order valence-corrected chi connectivity index (χ1v) is 9.68. The molecule has 0 fully saturated rings.